The van der Waals surface area contributed by atoms with E-state index in [1.807, 2.05) is 20.8 Å². The molecule has 2 atom stereocenters. The van der Waals surface area contributed by atoms with E-state index >= 15 is 0 Å². The average Bonchev–Trinajstić information content (AvgIpc) is 2.39. The normalized spacial score (nSPS) is 25.5. The van der Waals surface area contributed by atoms with E-state index in [0.717, 1.165) is 25.9 Å². The van der Waals surface area contributed by atoms with Gasteiger partial charge in [-0.05, 0) is 46.7 Å². The minimum atomic E-state index is -0.505. The molecule has 0 saturated carbocycles. The van der Waals surface area contributed by atoms with Crippen LogP contribution in [0.3, 0.4) is 0 Å². The van der Waals surface area contributed by atoms with Gasteiger partial charge in [-0.2, -0.15) is 5.26 Å². The lowest BCUT2D eigenvalue weighted by molar-refractivity contribution is 0.0492. The zero-order valence-corrected chi connectivity index (χ0v) is 10.7. The monoisotopic (exact) mass is 239 g/mol. The molecule has 0 radical (unpaired) electrons. The van der Waals surface area contributed by atoms with Crippen LogP contribution in [-0.2, 0) is 4.74 Å². The van der Waals surface area contributed by atoms with Gasteiger partial charge < -0.3 is 15.4 Å². The van der Waals surface area contributed by atoms with E-state index in [1.54, 1.807) is 0 Å². The molecule has 1 heterocycles. The van der Waals surface area contributed by atoms with Gasteiger partial charge >= 0.3 is 6.09 Å². The summed E-state index contributed by atoms with van der Waals surface area (Å²) in [5.74, 6) is -0.141. The highest BCUT2D eigenvalue weighted by Crippen LogP contribution is 2.15. The summed E-state index contributed by atoms with van der Waals surface area (Å²) in [6, 6.07) is 2.13. The fourth-order valence-electron chi connectivity index (χ4n) is 1.83. The first-order valence-corrected chi connectivity index (χ1v) is 6.02. The van der Waals surface area contributed by atoms with E-state index in [1.165, 1.54) is 0 Å². The number of hydrogen-bond acceptors (Lipinski definition) is 4. The zero-order valence-electron chi connectivity index (χ0n) is 10.7. The Morgan fingerprint density at radius 3 is 2.65 bits per heavy atom. The molecule has 2 unspecified atom stereocenters. The first-order chi connectivity index (χ1) is 7.92. The predicted octanol–water partition coefficient (Wildman–Crippen LogP) is 1.40. The van der Waals surface area contributed by atoms with Crippen molar-refractivity contribution in [2.45, 2.75) is 45.3 Å². The summed E-state index contributed by atoms with van der Waals surface area (Å²) in [5, 5.41) is 15.1. The third-order valence-electron chi connectivity index (χ3n) is 2.62. The van der Waals surface area contributed by atoms with E-state index in [9.17, 15) is 4.79 Å². The predicted molar refractivity (Wildman–Crippen MR) is 64.4 cm³/mol. The van der Waals surface area contributed by atoms with Gasteiger partial charge in [-0.1, -0.05) is 0 Å². The van der Waals surface area contributed by atoms with Crippen LogP contribution in [0.2, 0.25) is 0 Å². The average molecular weight is 239 g/mol. The maximum absolute atomic E-state index is 11.6. The van der Waals surface area contributed by atoms with Gasteiger partial charge in [0, 0.05) is 6.04 Å². The zero-order chi connectivity index (χ0) is 12.9. The van der Waals surface area contributed by atoms with Crippen LogP contribution in [0.5, 0.6) is 0 Å². The molecular weight excluding hydrogens is 218 g/mol. The highest BCUT2D eigenvalue weighted by molar-refractivity contribution is 5.68. The van der Waals surface area contributed by atoms with Crippen molar-refractivity contribution < 1.29 is 9.53 Å². The number of rotatable bonds is 1. The molecular formula is C12H21N3O2. The summed E-state index contributed by atoms with van der Waals surface area (Å²) in [6.07, 6.45) is 1.08. The minimum absolute atomic E-state index is 0.121. The van der Waals surface area contributed by atoms with Crippen LogP contribution in [0, 0.1) is 17.2 Å². The number of nitriles is 1. The van der Waals surface area contributed by atoms with E-state index in [4.69, 9.17) is 10.00 Å². The van der Waals surface area contributed by atoms with Gasteiger partial charge in [0.15, 0.2) is 0 Å². The molecule has 0 bridgehead atoms. The molecule has 1 fully saturated rings. The lowest BCUT2D eigenvalue weighted by atomic mass is 9.97. The molecule has 96 valence electrons. The highest BCUT2D eigenvalue weighted by atomic mass is 16.6. The Morgan fingerprint density at radius 1 is 1.41 bits per heavy atom. The van der Waals surface area contributed by atoms with Crippen LogP contribution >= 0.6 is 0 Å². The second-order valence-electron chi connectivity index (χ2n) is 5.32. The molecule has 2 N–H and O–H groups in total. The molecule has 0 aromatic carbocycles. The lowest BCUT2D eigenvalue weighted by Crippen LogP contribution is -2.42. The van der Waals surface area contributed by atoms with Crippen molar-refractivity contribution in [2.75, 3.05) is 13.1 Å². The van der Waals surface area contributed by atoms with Crippen LogP contribution in [0.1, 0.15) is 33.6 Å². The smallest absolute Gasteiger partial charge is 0.407 e. The van der Waals surface area contributed by atoms with Crippen molar-refractivity contribution in [1.82, 2.24) is 10.6 Å². The highest BCUT2D eigenvalue weighted by Gasteiger charge is 2.26. The molecule has 0 aliphatic carbocycles. The first kappa shape index (κ1) is 13.8. The van der Waals surface area contributed by atoms with Gasteiger partial charge in [0.25, 0.3) is 0 Å². The fraction of sp³-hybridized carbons (Fsp3) is 0.833. The van der Waals surface area contributed by atoms with Crippen LogP contribution in [0.25, 0.3) is 0 Å². The number of amides is 1. The molecule has 0 aromatic rings. The summed E-state index contributed by atoms with van der Waals surface area (Å²) < 4.78 is 5.19. The summed E-state index contributed by atoms with van der Waals surface area (Å²) in [7, 11) is 0. The molecule has 5 heteroatoms. The molecule has 1 saturated heterocycles. The van der Waals surface area contributed by atoms with E-state index < -0.39 is 11.7 Å². The first-order valence-electron chi connectivity index (χ1n) is 6.02. The Bertz CT molecular complexity index is 304. The molecule has 0 aromatic heterocycles. The Morgan fingerprint density at radius 2 is 2.06 bits per heavy atom. The number of carbonyl (C=O) groups excluding carboxylic acids is 1. The molecule has 5 nitrogen and oxygen atoms in total. The van der Waals surface area contributed by atoms with Crippen molar-refractivity contribution in [3.05, 3.63) is 0 Å². The maximum atomic E-state index is 11.6. The molecule has 0 spiro atoms. The van der Waals surface area contributed by atoms with E-state index in [-0.39, 0.29) is 12.0 Å². The fourth-order valence-corrected chi connectivity index (χ4v) is 1.83. The number of nitrogens with zero attached hydrogens (tertiary/aromatic N) is 1. The standard InChI is InChI=1S/C12H21N3O2/c1-12(2,3)17-11(16)15-10-5-7-14-6-4-9(10)8-13/h9-10,14H,4-7H2,1-3H3,(H,15,16). The molecule has 17 heavy (non-hydrogen) atoms. The second kappa shape index (κ2) is 5.87. The van der Waals surface area contributed by atoms with Crippen molar-refractivity contribution in [1.29, 1.82) is 5.26 Å². The number of ether oxygens (including phenoxy) is 1. The maximum Gasteiger partial charge on any atom is 0.407 e. The number of carbonyl (C=O) groups is 1. The lowest BCUT2D eigenvalue weighted by Gasteiger charge is -2.24. The third-order valence-corrected chi connectivity index (χ3v) is 2.62. The van der Waals surface area contributed by atoms with Gasteiger partial charge in [-0.15, -0.1) is 0 Å². The van der Waals surface area contributed by atoms with Gasteiger partial charge in [-0.3, -0.25) is 0 Å². The van der Waals surface area contributed by atoms with E-state index in [2.05, 4.69) is 16.7 Å². The topological polar surface area (TPSA) is 74.2 Å². The largest absolute Gasteiger partial charge is 0.444 e. The van der Waals surface area contributed by atoms with Crippen molar-refractivity contribution in [3.8, 4) is 6.07 Å². The van der Waals surface area contributed by atoms with Crippen LogP contribution in [0.15, 0.2) is 0 Å². The van der Waals surface area contributed by atoms with Crippen molar-refractivity contribution in [3.63, 3.8) is 0 Å². The molecule has 1 amide bonds. The third kappa shape index (κ3) is 5.05. The summed E-state index contributed by atoms with van der Waals surface area (Å²) in [5.41, 5.74) is -0.505. The summed E-state index contributed by atoms with van der Waals surface area (Å²) >= 11 is 0. The van der Waals surface area contributed by atoms with Gasteiger partial charge in [0.1, 0.15) is 5.60 Å². The van der Waals surface area contributed by atoms with Crippen LogP contribution in [-0.4, -0.2) is 30.8 Å². The Labute approximate surface area is 103 Å². The van der Waals surface area contributed by atoms with Crippen molar-refractivity contribution >= 4 is 6.09 Å². The number of hydrogen-bond donors (Lipinski definition) is 2. The summed E-state index contributed by atoms with van der Waals surface area (Å²) in [4.78, 5) is 11.6. The Hall–Kier alpha value is -1.28. The molecule has 1 aliphatic rings. The summed E-state index contributed by atoms with van der Waals surface area (Å²) in [6.45, 7) is 7.11. The Balaban J connectivity index is 2.53. The second-order valence-corrected chi connectivity index (χ2v) is 5.32. The Kier molecular flexibility index (Phi) is 4.76. The van der Waals surface area contributed by atoms with Gasteiger partial charge in [0.05, 0.1) is 12.0 Å². The van der Waals surface area contributed by atoms with Crippen molar-refractivity contribution in [2.24, 2.45) is 5.92 Å². The van der Waals surface area contributed by atoms with Crippen LogP contribution in [0.4, 0.5) is 4.79 Å². The van der Waals surface area contributed by atoms with E-state index in [0.29, 0.717) is 0 Å². The van der Waals surface area contributed by atoms with Crippen LogP contribution < -0.4 is 10.6 Å². The number of nitrogens with one attached hydrogen (secondary N) is 2. The quantitative estimate of drug-likeness (QED) is 0.725. The number of alkyl carbamates (subject to hydrolysis) is 1. The van der Waals surface area contributed by atoms with Gasteiger partial charge in [0.2, 0.25) is 0 Å². The minimum Gasteiger partial charge on any atom is -0.444 e. The SMILES string of the molecule is CC(C)(C)OC(=O)NC1CCNCCC1C#N. The van der Waals surface area contributed by atoms with Gasteiger partial charge in [-0.25, -0.2) is 4.79 Å². The molecule has 1 aliphatic heterocycles. The molecule has 1 rings (SSSR count).